The van der Waals surface area contributed by atoms with E-state index in [1.807, 2.05) is 26.8 Å². The van der Waals surface area contributed by atoms with Crippen LogP contribution in [0.4, 0.5) is 4.39 Å². The van der Waals surface area contributed by atoms with Crippen molar-refractivity contribution in [3.05, 3.63) is 35.6 Å². The Bertz CT molecular complexity index is 418. The molecule has 1 amide bonds. The number of hydrogen-bond acceptors (Lipinski definition) is 2. The van der Waals surface area contributed by atoms with Crippen molar-refractivity contribution in [2.75, 3.05) is 6.54 Å². The van der Waals surface area contributed by atoms with Gasteiger partial charge in [-0.3, -0.25) is 4.79 Å². The Kier molecular flexibility index (Phi) is 7.01. The van der Waals surface area contributed by atoms with E-state index in [9.17, 15) is 9.18 Å². The van der Waals surface area contributed by atoms with E-state index in [1.165, 1.54) is 12.1 Å². The lowest BCUT2D eigenvalue weighted by molar-refractivity contribution is -0.124. The van der Waals surface area contributed by atoms with Crippen molar-refractivity contribution in [1.29, 1.82) is 0 Å². The van der Waals surface area contributed by atoms with E-state index in [0.717, 1.165) is 5.56 Å². The third kappa shape index (κ3) is 6.03. The zero-order valence-electron chi connectivity index (χ0n) is 11.6. The Balaban J connectivity index is 0.00000324. The molecule has 1 aromatic carbocycles. The molecule has 0 fully saturated rings. The van der Waals surface area contributed by atoms with Crippen molar-refractivity contribution in [2.45, 2.75) is 33.2 Å². The molecule has 0 unspecified atom stereocenters. The molecule has 0 bridgehead atoms. The first kappa shape index (κ1) is 17.9. The van der Waals surface area contributed by atoms with Crippen molar-refractivity contribution in [2.24, 2.45) is 11.1 Å². The van der Waals surface area contributed by atoms with Gasteiger partial charge in [-0.05, 0) is 29.5 Å². The van der Waals surface area contributed by atoms with Crippen LogP contribution in [0.1, 0.15) is 26.3 Å². The standard InChI is InChI=1S/C14H21FN2O.ClH/c1-14(2,3)12(16)13(18)17-8-7-10-5-4-6-11(15)9-10;/h4-6,9,12H,7-8,16H2,1-3H3,(H,17,18);1H/t12-;/m1./s1. The minimum absolute atomic E-state index is 0. The molecule has 0 aliphatic heterocycles. The topological polar surface area (TPSA) is 55.1 Å². The zero-order chi connectivity index (χ0) is 13.8. The first-order valence-corrected chi connectivity index (χ1v) is 6.08. The van der Waals surface area contributed by atoms with Crippen LogP contribution in [0.25, 0.3) is 0 Å². The molecule has 0 heterocycles. The number of carbonyl (C=O) groups excluding carboxylic acids is 1. The lowest BCUT2D eigenvalue weighted by atomic mass is 9.87. The minimum Gasteiger partial charge on any atom is -0.354 e. The average Bonchev–Trinajstić information content (AvgIpc) is 2.26. The molecule has 0 aliphatic rings. The molecule has 1 rings (SSSR count). The van der Waals surface area contributed by atoms with Gasteiger partial charge in [0.2, 0.25) is 5.91 Å². The van der Waals surface area contributed by atoms with Crippen LogP contribution in [0.2, 0.25) is 0 Å². The van der Waals surface area contributed by atoms with Gasteiger partial charge in [-0.25, -0.2) is 4.39 Å². The third-order valence-electron chi connectivity index (χ3n) is 2.82. The highest BCUT2D eigenvalue weighted by Crippen LogP contribution is 2.17. The number of nitrogens with two attached hydrogens (primary N) is 1. The molecule has 0 radical (unpaired) electrons. The lowest BCUT2D eigenvalue weighted by Gasteiger charge is -2.25. The van der Waals surface area contributed by atoms with Gasteiger partial charge < -0.3 is 11.1 Å². The number of halogens is 2. The number of amides is 1. The molecule has 0 aliphatic carbocycles. The van der Waals surface area contributed by atoms with Crippen molar-refractivity contribution < 1.29 is 9.18 Å². The van der Waals surface area contributed by atoms with Crippen molar-refractivity contribution in [3.63, 3.8) is 0 Å². The molecular formula is C14H22ClFN2O. The van der Waals surface area contributed by atoms with E-state index in [2.05, 4.69) is 5.32 Å². The van der Waals surface area contributed by atoms with Gasteiger partial charge in [0.15, 0.2) is 0 Å². The lowest BCUT2D eigenvalue weighted by Crippen LogP contribution is -2.48. The summed E-state index contributed by atoms with van der Waals surface area (Å²) in [4.78, 5) is 11.7. The maximum Gasteiger partial charge on any atom is 0.237 e. The fourth-order valence-corrected chi connectivity index (χ4v) is 1.53. The van der Waals surface area contributed by atoms with Gasteiger partial charge in [-0.2, -0.15) is 0 Å². The Morgan fingerprint density at radius 3 is 2.58 bits per heavy atom. The number of nitrogens with one attached hydrogen (secondary N) is 1. The summed E-state index contributed by atoms with van der Waals surface area (Å²) in [5.41, 5.74) is 6.43. The summed E-state index contributed by atoms with van der Waals surface area (Å²) in [7, 11) is 0. The SMILES string of the molecule is CC(C)(C)[C@H](N)C(=O)NCCc1cccc(F)c1.Cl. The Morgan fingerprint density at radius 1 is 1.42 bits per heavy atom. The van der Waals surface area contributed by atoms with Crippen LogP contribution in [0.15, 0.2) is 24.3 Å². The van der Waals surface area contributed by atoms with E-state index in [0.29, 0.717) is 13.0 Å². The van der Waals surface area contributed by atoms with Gasteiger partial charge in [0.1, 0.15) is 5.82 Å². The quantitative estimate of drug-likeness (QED) is 0.893. The first-order chi connectivity index (χ1) is 8.30. The zero-order valence-corrected chi connectivity index (χ0v) is 12.4. The van der Waals surface area contributed by atoms with E-state index in [4.69, 9.17) is 5.73 Å². The second-order valence-corrected chi connectivity index (χ2v) is 5.51. The minimum atomic E-state index is -0.537. The van der Waals surface area contributed by atoms with Crippen LogP contribution in [-0.4, -0.2) is 18.5 Å². The second-order valence-electron chi connectivity index (χ2n) is 5.51. The number of carbonyl (C=O) groups is 1. The predicted octanol–water partition coefficient (Wildman–Crippen LogP) is 2.28. The van der Waals surface area contributed by atoms with E-state index < -0.39 is 6.04 Å². The van der Waals surface area contributed by atoms with Crippen LogP contribution in [0.3, 0.4) is 0 Å². The van der Waals surface area contributed by atoms with Gasteiger partial charge in [0.05, 0.1) is 6.04 Å². The van der Waals surface area contributed by atoms with Gasteiger partial charge in [-0.1, -0.05) is 32.9 Å². The molecular weight excluding hydrogens is 267 g/mol. The smallest absolute Gasteiger partial charge is 0.237 e. The van der Waals surface area contributed by atoms with Crippen molar-refractivity contribution >= 4 is 18.3 Å². The number of rotatable bonds is 4. The second kappa shape index (κ2) is 7.46. The van der Waals surface area contributed by atoms with Gasteiger partial charge in [0.25, 0.3) is 0 Å². The molecule has 5 heteroatoms. The maximum absolute atomic E-state index is 12.9. The molecule has 1 atom stereocenters. The fraction of sp³-hybridized carbons (Fsp3) is 0.500. The van der Waals surface area contributed by atoms with Crippen LogP contribution in [-0.2, 0) is 11.2 Å². The summed E-state index contributed by atoms with van der Waals surface area (Å²) in [6, 6.07) is 5.82. The number of hydrogen-bond donors (Lipinski definition) is 2. The third-order valence-corrected chi connectivity index (χ3v) is 2.82. The molecule has 19 heavy (non-hydrogen) atoms. The van der Waals surface area contributed by atoms with Crippen LogP contribution in [0, 0.1) is 11.2 Å². The molecule has 108 valence electrons. The van der Waals surface area contributed by atoms with E-state index >= 15 is 0 Å². The molecule has 3 N–H and O–H groups in total. The molecule has 0 aromatic heterocycles. The maximum atomic E-state index is 12.9. The highest BCUT2D eigenvalue weighted by Gasteiger charge is 2.26. The van der Waals surface area contributed by atoms with Crippen LogP contribution in [0.5, 0.6) is 0 Å². The highest BCUT2D eigenvalue weighted by molar-refractivity contribution is 5.85. The molecule has 0 spiro atoms. The van der Waals surface area contributed by atoms with Gasteiger partial charge >= 0.3 is 0 Å². The van der Waals surface area contributed by atoms with E-state index in [-0.39, 0.29) is 29.5 Å². The van der Waals surface area contributed by atoms with E-state index in [1.54, 1.807) is 6.07 Å². The summed E-state index contributed by atoms with van der Waals surface area (Å²) in [5, 5.41) is 2.77. The Morgan fingerprint density at radius 2 is 2.05 bits per heavy atom. The number of benzene rings is 1. The molecule has 0 saturated heterocycles. The summed E-state index contributed by atoms with van der Waals surface area (Å²) in [6.07, 6.45) is 0.598. The van der Waals surface area contributed by atoms with Gasteiger partial charge in [-0.15, -0.1) is 12.4 Å². The molecule has 0 saturated carbocycles. The van der Waals surface area contributed by atoms with Crippen molar-refractivity contribution in [3.8, 4) is 0 Å². The average molecular weight is 289 g/mol. The largest absolute Gasteiger partial charge is 0.354 e. The summed E-state index contributed by atoms with van der Waals surface area (Å²) in [6.45, 7) is 6.23. The first-order valence-electron chi connectivity index (χ1n) is 6.08. The normalized spacial score (nSPS) is 12.5. The summed E-state index contributed by atoms with van der Waals surface area (Å²) < 4.78 is 12.9. The summed E-state index contributed by atoms with van der Waals surface area (Å²) >= 11 is 0. The highest BCUT2D eigenvalue weighted by atomic mass is 35.5. The van der Waals surface area contributed by atoms with Crippen molar-refractivity contribution in [1.82, 2.24) is 5.32 Å². The Hall–Kier alpha value is -1.13. The van der Waals surface area contributed by atoms with Crippen LogP contribution >= 0.6 is 12.4 Å². The Labute approximate surface area is 120 Å². The monoisotopic (exact) mass is 288 g/mol. The molecule has 3 nitrogen and oxygen atoms in total. The molecule has 1 aromatic rings. The van der Waals surface area contributed by atoms with Crippen LogP contribution < -0.4 is 11.1 Å². The summed E-state index contributed by atoms with van der Waals surface area (Å²) in [5.74, 6) is -0.427. The predicted molar refractivity (Wildman–Crippen MR) is 77.8 cm³/mol. The van der Waals surface area contributed by atoms with Gasteiger partial charge in [0, 0.05) is 6.54 Å². The fourth-order valence-electron chi connectivity index (χ4n) is 1.53.